The van der Waals surface area contributed by atoms with E-state index in [1.807, 2.05) is 0 Å². The largest absolute Gasteiger partial charge is 0.481 e. The van der Waals surface area contributed by atoms with Crippen molar-refractivity contribution in [2.75, 3.05) is 18.1 Å². The van der Waals surface area contributed by atoms with Gasteiger partial charge in [-0.25, -0.2) is 4.79 Å². The van der Waals surface area contributed by atoms with E-state index in [-0.39, 0.29) is 17.2 Å². The smallest absolute Gasteiger partial charge is 0.319 e. The minimum atomic E-state index is -0.887. The number of hydrogen-bond donors (Lipinski definition) is 3. The maximum absolute atomic E-state index is 11.8. The summed E-state index contributed by atoms with van der Waals surface area (Å²) in [6.45, 7) is 0.662. The molecule has 0 atom stereocenters. The molecular weight excluding hydrogens is 276 g/mol. The van der Waals surface area contributed by atoms with Crippen LogP contribution >= 0.6 is 11.8 Å². The van der Waals surface area contributed by atoms with Gasteiger partial charge >= 0.3 is 12.0 Å². The summed E-state index contributed by atoms with van der Waals surface area (Å²) in [7, 11) is 0. The molecule has 1 aliphatic rings. The Balaban J connectivity index is 1.86. The molecule has 20 heavy (non-hydrogen) atoms. The first-order chi connectivity index (χ1) is 9.53. The molecule has 0 aromatic heterocycles. The van der Waals surface area contributed by atoms with Gasteiger partial charge in [0.2, 0.25) is 0 Å². The van der Waals surface area contributed by atoms with E-state index in [4.69, 9.17) is 5.11 Å². The molecule has 3 N–H and O–H groups in total. The van der Waals surface area contributed by atoms with Crippen LogP contribution in [0.5, 0.6) is 0 Å². The number of thioether (sulfide) groups is 1. The number of aliphatic carboxylic acids is 1. The van der Waals surface area contributed by atoms with E-state index >= 15 is 0 Å². The number of benzene rings is 1. The number of nitrogens with one attached hydrogen (secondary N) is 2. The summed E-state index contributed by atoms with van der Waals surface area (Å²) in [6.07, 6.45) is 4.29. The number of carboxylic acid groups (broad SMARTS) is 1. The summed E-state index contributed by atoms with van der Waals surface area (Å²) in [6, 6.07) is 6.63. The van der Waals surface area contributed by atoms with Gasteiger partial charge in [-0.3, -0.25) is 4.79 Å². The van der Waals surface area contributed by atoms with Gasteiger partial charge in [0, 0.05) is 17.0 Å². The Morgan fingerprint density at radius 1 is 1.40 bits per heavy atom. The second kappa shape index (κ2) is 6.17. The van der Waals surface area contributed by atoms with Crippen molar-refractivity contribution in [1.82, 2.24) is 5.32 Å². The SMILES string of the molecule is CSC1(CNC(=O)Nc2cccc(CC(=O)O)c2)CC1. The minimum Gasteiger partial charge on any atom is -0.481 e. The van der Waals surface area contributed by atoms with Crippen molar-refractivity contribution in [1.29, 1.82) is 0 Å². The molecule has 0 saturated heterocycles. The average molecular weight is 294 g/mol. The molecule has 0 heterocycles. The van der Waals surface area contributed by atoms with Crippen molar-refractivity contribution >= 4 is 29.4 Å². The number of rotatable bonds is 6. The van der Waals surface area contributed by atoms with E-state index in [2.05, 4.69) is 16.9 Å². The molecule has 1 fully saturated rings. The van der Waals surface area contributed by atoms with Crippen LogP contribution in [0.15, 0.2) is 24.3 Å². The van der Waals surface area contributed by atoms with E-state index in [0.29, 0.717) is 17.8 Å². The van der Waals surface area contributed by atoms with Gasteiger partial charge in [-0.2, -0.15) is 11.8 Å². The summed E-state index contributed by atoms with van der Waals surface area (Å²) >= 11 is 1.79. The van der Waals surface area contributed by atoms with Gasteiger partial charge in [0.25, 0.3) is 0 Å². The van der Waals surface area contributed by atoms with Crippen molar-refractivity contribution in [3.63, 3.8) is 0 Å². The van der Waals surface area contributed by atoms with Gasteiger partial charge < -0.3 is 15.7 Å². The highest BCUT2D eigenvalue weighted by atomic mass is 32.2. The molecule has 2 amide bonds. The van der Waals surface area contributed by atoms with Crippen LogP contribution in [0.25, 0.3) is 0 Å². The number of carbonyl (C=O) groups is 2. The molecule has 0 aliphatic heterocycles. The third kappa shape index (κ3) is 4.16. The Kier molecular flexibility index (Phi) is 4.54. The van der Waals surface area contributed by atoms with E-state index < -0.39 is 5.97 Å². The van der Waals surface area contributed by atoms with Crippen LogP contribution in [0.2, 0.25) is 0 Å². The van der Waals surface area contributed by atoms with Gasteiger partial charge in [0.15, 0.2) is 0 Å². The van der Waals surface area contributed by atoms with Gasteiger partial charge in [-0.1, -0.05) is 12.1 Å². The van der Waals surface area contributed by atoms with E-state index in [0.717, 1.165) is 12.8 Å². The van der Waals surface area contributed by atoms with E-state index in [1.165, 1.54) is 0 Å². The lowest BCUT2D eigenvalue weighted by atomic mass is 10.1. The minimum absolute atomic E-state index is 0.0489. The number of urea groups is 1. The highest BCUT2D eigenvalue weighted by Gasteiger charge is 2.41. The maximum Gasteiger partial charge on any atom is 0.319 e. The molecule has 0 spiro atoms. The molecule has 0 bridgehead atoms. The Hall–Kier alpha value is -1.69. The molecule has 6 heteroatoms. The second-order valence-corrected chi connectivity index (χ2v) is 6.24. The zero-order valence-electron chi connectivity index (χ0n) is 11.3. The third-order valence-corrected chi connectivity index (χ3v) is 4.77. The summed E-state index contributed by atoms with van der Waals surface area (Å²) in [5.74, 6) is -0.887. The highest BCUT2D eigenvalue weighted by molar-refractivity contribution is 8.00. The molecule has 1 aromatic carbocycles. The van der Waals surface area contributed by atoms with E-state index in [1.54, 1.807) is 36.0 Å². The van der Waals surface area contributed by atoms with Gasteiger partial charge in [0.05, 0.1) is 6.42 Å². The van der Waals surface area contributed by atoms with Crippen LogP contribution in [0.4, 0.5) is 10.5 Å². The molecular formula is C14H18N2O3S. The van der Waals surface area contributed by atoms with Gasteiger partial charge in [-0.05, 0) is 36.8 Å². The first kappa shape index (κ1) is 14.7. The van der Waals surface area contributed by atoms with Crippen molar-refractivity contribution in [3.05, 3.63) is 29.8 Å². The lowest BCUT2D eigenvalue weighted by molar-refractivity contribution is -0.136. The Morgan fingerprint density at radius 3 is 2.75 bits per heavy atom. The number of amides is 2. The van der Waals surface area contributed by atoms with Crippen LogP contribution in [-0.2, 0) is 11.2 Å². The first-order valence-corrected chi connectivity index (χ1v) is 7.66. The first-order valence-electron chi connectivity index (χ1n) is 6.44. The Bertz CT molecular complexity index is 515. The Morgan fingerprint density at radius 2 is 2.15 bits per heavy atom. The summed E-state index contributed by atoms with van der Waals surface area (Å²) in [5, 5.41) is 14.3. The van der Waals surface area contributed by atoms with Gasteiger partial charge in [0.1, 0.15) is 0 Å². The Labute approximate surface area is 122 Å². The predicted octanol–water partition coefficient (Wildman–Crippen LogP) is 2.33. The molecule has 2 rings (SSSR count). The molecule has 1 aromatic rings. The van der Waals surface area contributed by atoms with Crippen molar-refractivity contribution < 1.29 is 14.7 Å². The van der Waals surface area contributed by atoms with Crippen LogP contribution in [0, 0.1) is 0 Å². The summed E-state index contributed by atoms with van der Waals surface area (Å²) in [5.41, 5.74) is 1.27. The van der Waals surface area contributed by atoms with Gasteiger partial charge in [-0.15, -0.1) is 0 Å². The van der Waals surface area contributed by atoms with Crippen LogP contribution < -0.4 is 10.6 Å². The lowest BCUT2D eigenvalue weighted by Crippen LogP contribution is -2.35. The zero-order valence-corrected chi connectivity index (χ0v) is 12.1. The standard InChI is InChI=1S/C14H18N2O3S/c1-20-14(5-6-14)9-15-13(19)16-11-4-2-3-10(7-11)8-12(17)18/h2-4,7H,5-6,8-9H2,1H3,(H,17,18)(H2,15,16,19). The second-order valence-electron chi connectivity index (χ2n) is 4.97. The molecule has 108 valence electrons. The predicted molar refractivity (Wildman–Crippen MR) is 80.3 cm³/mol. The zero-order chi connectivity index (χ0) is 14.6. The number of carbonyl (C=O) groups excluding carboxylic acids is 1. The normalized spacial score (nSPS) is 15.4. The fourth-order valence-electron chi connectivity index (χ4n) is 1.94. The fourth-order valence-corrected chi connectivity index (χ4v) is 2.67. The monoisotopic (exact) mass is 294 g/mol. The van der Waals surface area contributed by atoms with Crippen LogP contribution in [0.3, 0.4) is 0 Å². The fraction of sp³-hybridized carbons (Fsp3) is 0.429. The van der Waals surface area contributed by atoms with Crippen molar-refractivity contribution in [2.24, 2.45) is 0 Å². The third-order valence-electron chi connectivity index (χ3n) is 3.35. The number of anilines is 1. The average Bonchev–Trinajstić information content (AvgIpc) is 3.17. The lowest BCUT2D eigenvalue weighted by Gasteiger charge is -2.14. The molecule has 1 saturated carbocycles. The molecule has 0 unspecified atom stereocenters. The maximum atomic E-state index is 11.8. The quantitative estimate of drug-likeness (QED) is 0.752. The van der Waals surface area contributed by atoms with Crippen molar-refractivity contribution in [3.8, 4) is 0 Å². The molecule has 5 nitrogen and oxygen atoms in total. The van der Waals surface area contributed by atoms with Crippen molar-refractivity contribution in [2.45, 2.75) is 24.0 Å². The van der Waals surface area contributed by atoms with Crippen LogP contribution in [-0.4, -0.2) is 34.7 Å². The van der Waals surface area contributed by atoms with Crippen LogP contribution in [0.1, 0.15) is 18.4 Å². The molecule has 1 aliphatic carbocycles. The summed E-state index contributed by atoms with van der Waals surface area (Å²) in [4.78, 5) is 22.4. The topological polar surface area (TPSA) is 78.4 Å². The number of hydrogen-bond acceptors (Lipinski definition) is 3. The summed E-state index contributed by atoms with van der Waals surface area (Å²) < 4.78 is 0.225. The van der Waals surface area contributed by atoms with E-state index in [9.17, 15) is 9.59 Å². The molecule has 0 radical (unpaired) electrons. The highest BCUT2D eigenvalue weighted by Crippen LogP contribution is 2.46. The number of carboxylic acids is 1.